The zero-order chi connectivity index (χ0) is 11.8. The Hall–Kier alpha value is -1.57. The zero-order valence-corrected chi connectivity index (χ0v) is 10.4. The first kappa shape index (κ1) is 10.9. The Morgan fingerprint density at radius 2 is 1.69 bits per heavy atom. The molecule has 0 N–H and O–H groups in total. The molecular formula is C14H18N2. The Morgan fingerprint density at radius 1 is 1.06 bits per heavy atom. The highest BCUT2D eigenvalue weighted by Crippen LogP contribution is 2.25. The van der Waals surface area contributed by atoms with Crippen LogP contribution < -0.4 is 0 Å². The quantitative estimate of drug-likeness (QED) is 0.710. The van der Waals surface area contributed by atoms with Gasteiger partial charge in [0.1, 0.15) is 0 Å². The van der Waals surface area contributed by atoms with E-state index in [4.69, 9.17) is 0 Å². The summed E-state index contributed by atoms with van der Waals surface area (Å²) in [4.78, 5) is 0. The highest BCUT2D eigenvalue weighted by Gasteiger charge is 2.20. The van der Waals surface area contributed by atoms with Crippen LogP contribution in [0.4, 0.5) is 0 Å². The fourth-order valence-electron chi connectivity index (χ4n) is 1.80. The maximum Gasteiger partial charge on any atom is 0.0649 e. The molecule has 1 heterocycles. The van der Waals surface area contributed by atoms with E-state index in [0.717, 1.165) is 11.4 Å². The van der Waals surface area contributed by atoms with Gasteiger partial charge < -0.3 is 0 Å². The highest BCUT2D eigenvalue weighted by molar-refractivity contribution is 5.35. The summed E-state index contributed by atoms with van der Waals surface area (Å²) < 4.78 is 2.04. The minimum absolute atomic E-state index is 0.108. The normalized spacial score (nSPS) is 11.8. The molecule has 0 atom stereocenters. The Labute approximate surface area is 96.9 Å². The van der Waals surface area contributed by atoms with Crippen LogP contribution in [-0.2, 0) is 5.41 Å². The predicted molar refractivity (Wildman–Crippen MR) is 67.0 cm³/mol. The molecule has 2 aromatic rings. The summed E-state index contributed by atoms with van der Waals surface area (Å²) >= 11 is 0. The van der Waals surface area contributed by atoms with Gasteiger partial charge in [-0.25, -0.2) is 4.68 Å². The molecule has 2 nitrogen and oxygen atoms in total. The van der Waals surface area contributed by atoms with Crippen LogP contribution in [0.25, 0.3) is 5.69 Å². The molecule has 0 aliphatic rings. The minimum atomic E-state index is 0.108. The van der Waals surface area contributed by atoms with Crippen molar-refractivity contribution in [1.29, 1.82) is 0 Å². The number of rotatable bonds is 1. The zero-order valence-electron chi connectivity index (χ0n) is 10.4. The van der Waals surface area contributed by atoms with Crippen LogP contribution in [-0.4, -0.2) is 9.78 Å². The third-order valence-corrected chi connectivity index (χ3v) is 2.60. The smallest absolute Gasteiger partial charge is 0.0649 e. The summed E-state index contributed by atoms with van der Waals surface area (Å²) in [6.45, 7) is 8.67. The van der Waals surface area contributed by atoms with Crippen LogP contribution in [0.1, 0.15) is 32.2 Å². The second-order valence-electron chi connectivity index (χ2n) is 5.17. The number of nitrogens with zero attached hydrogens (tertiary/aromatic N) is 2. The molecule has 0 radical (unpaired) electrons. The average Bonchev–Trinajstić information content (AvgIpc) is 2.61. The van der Waals surface area contributed by atoms with Crippen molar-refractivity contribution in [2.75, 3.05) is 0 Å². The van der Waals surface area contributed by atoms with Crippen molar-refractivity contribution in [2.45, 2.75) is 33.1 Å². The van der Waals surface area contributed by atoms with Gasteiger partial charge in [0, 0.05) is 11.1 Å². The van der Waals surface area contributed by atoms with Crippen molar-refractivity contribution in [3.8, 4) is 5.69 Å². The van der Waals surface area contributed by atoms with Gasteiger partial charge in [-0.3, -0.25) is 0 Å². The van der Waals surface area contributed by atoms with E-state index in [9.17, 15) is 0 Å². The fraction of sp³-hybridized carbons (Fsp3) is 0.357. The minimum Gasteiger partial charge on any atom is -0.237 e. The van der Waals surface area contributed by atoms with E-state index in [-0.39, 0.29) is 5.41 Å². The predicted octanol–water partition coefficient (Wildman–Crippen LogP) is 3.48. The van der Waals surface area contributed by atoms with E-state index in [0.29, 0.717) is 0 Å². The topological polar surface area (TPSA) is 17.8 Å². The lowest BCUT2D eigenvalue weighted by Crippen LogP contribution is -2.17. The summed E-state index contributed by atoms with van der Waals surface area (Å²) in [6.07, 6.45) is 0. The van der Waals surface area contributed by atoms with Gasteiger partial charge in [0.25, 0.3) is 0 Å². The summed E-state index contributed by atoms with van der Waals surface area (Å²) in [7, 11) is 0. The molecule has 16 heavy (non-hydrogen) atoms. The third kappa shape index (κ3) is 2.01. The summed E-state index contributed by atoms with van der Waals surface area (Å²) in [5.74, 6) is 0. The summed E-state index contributed by atoms with van der Waals surface area (Å²) in [5.41, 5.74) is 3.54. The number of para-hydroxylation sites is 1. The Kier molecular flexibility index (Phi) is 2.58. The maximum atomic E-state index is 4.56. The van der Waals surface area contributed by atoms with Gasteiger partial charge in [0.05, 0.1) is 11.4 Å². The van der Waals surface area contributed by atoms with Gasteiger partial charge in [0.15, 0.2) is 0 Å². The molecular weight excluding hydrogens is 196 g/mol. The molecule has 84 valence electrons. The number of hydrogen-bond donors (Lipinski definition) is 0. The van der Waals surface area contributed by atoms with E-state index in [1.165, 1.54) is 5.69 Å². The molecule has 2 heteroatoms. The molecule has 0 saturated heterocycles. The van der Waals surface area contributed by atoms with Crippen LogP contribution >= 0.6 is 0 Å². The van der Waals surface area contributed by atoms with Gasteiger partial charge in [0.2, 0.25) is 0 Å². The van der Waals surface area contributed by atoms with E-state index in [1.807, 2.05) is 29.8 Å². The van der Waals surface area contributed by atoms with E-state index in [2.05, 4.69) is 44.1 Å². The number of aromatic nitrogens is 2. The number of hydrogen-bond acceptors (Lipinski definition) is 1. The first-order chi connectivity index (χ1) is 7.48. The molecule has 0 fully saturated rings. The van der Waals surface area contributed by atoms with Crippen molar-refractivity contribution in [2.24, 2.45) is 0 Å². The fourth-order valence-corrected chi connectivity index (χ4v) is 1.80. The second kappa shape index (κ2) is 3.78. The first-order valence-electron chi connectivity index (χ1n) is 5.61. The number of aryl methyl sites for hydroxylation is 1. The van der Waals surface area contributed by atoms with Gasteiger partial charge >= 0.3 is 0 Å². The van der Waals surface area contributed by atoms with Crippen LogP contribution in [0.2, 0.25) is 0 Å². The Bertz CT molecular complexity index is 475. The monoisotopic (exact) mass is 214 g/mol. The standard InChI is InChI=1S/C14H18N2/c1-11-10-13(14(2,3)4)16(15-11)12-8-6-5-7-9-12/h5-10H,1-4H3. The van der Waals surface area contributed by atoms with Gasteiger partial charge in [-0.1, -0.05) is 39.0 Å². The molecule has 2 rings (SSSR count). The van der Waals surface area contributed by atoms with Gasteiger partial charge in [-0.2, -0.15) is 5.10 Å². The largest absolute Gasteiger partial charge is 0.237 e. The van der Waals surface area contributed by atoms with Crippen molar-refractivity contribution >= 4 is 0 Å². The van der Waals surface area contributed by atoms with Crippen molar-refractivity contribution in [1.82, 2.24) is 9.78 Å². The average molecular weight is 214 g/mol. The Morgan fingerprint density at radius 3 is 2.25 bits per heavy atom. The van der Waals surface area contributed by atoms with Crippen molar-refractivity contribution < 1.29 is 0 Å². The molecule has 1 aromatic heterocycles. The lowest BCUT2D eigenvalue weighted by molar-refractivity contribution is 0.543. The molecule has 0 unspecified atom stereocenters. The molecule has 0 amide bonds. The van der Waals surface area contributed by atoms with Crippen molar-refractivity contribution in [3.63, 3.8) is 0 Å². The van der Waals surface area contributed by atoms with Crippen LogP contribution in [0.15, 0.2) is 36.4 Å². The molecule has 0 bridgehead atoms. The summed E-state index contributed by atoms with van der Waals surface area (Å²) in [5, 5.41) is 4.56. The van der Waals surface area contributed by atoms with Crippen LogP contribution in [0, 0.1) is 6.92 Å². The lowest BCUT2D eigenvalue weighted by atomic mass is 9.92. The van der Waals surface area contributed by atoms with Gasteiger partial charge in [-0.05, 0) is 25.1 Å². The SMILES string of the molecule is Cc1cc(C(C)(C)C)n(-c2ccccc2)n1. The van der Waals surface area contributed by atoms with E-state index >= 15 is 0 Å². The molecule has 0 aliphatic carbocycles. The molecule has 0 aliphatic heterocycles. The lowest BCUT2D eigenvalue weighted by Gasteiger charge is -2.20. The van der Waals surface area contributed by atoms with E-state index < -0.39 is 0 Å². The third-order valence-electron chi connectivity index (χ3n) is 2.60. The first-order valence-corrected chi connectivity index (χ1v) is 5.61. The Balaban J connectivity index is 2.58. The molecule has 0 saturated carbocycles. The van der Waals surface area contributed by atoms with Crippen LogP contribution in [0.3, 0.4) is 0 Å². The van der Waals surface area contributed by atoms with Crippen molar-refractivity contribution in [3.05, 3.63) is 47.8 Å². The maximum absolute atomic E-state index is 4.56. The molecule has 0 spiro atoms. The van der Waals surface area contributed by atoms with E-state index in [1.54, 1.807) is 0 Å². The van der Waals surface area contributed by atoms with Crippen LogP contribution in [0.5, 0.6) is 0 Å². The summed E-state index contributed by atoms with van der Waals surface area (Å²) in [6, 6.07) is 12.4. The second-order valence-corrected chi connectivity index (χ2v) is 5.17. The molecule has 1 aromatic carbocycles. The van der Waals surface area contributed by atoms with Gasteiger partial charge in [-0.15, -0.1) is 0 Å². The highest BCUT2D eigenvalue weighted by atomic mass is 15.3. The number of benzene rings is 1.